The molecule has 0 bridgehead atoms. The van der Waals surface area contributed by atoms with Crippen LogP contribution in [-0.2, 0) is 0 Å². The van der Waals surface area contributed by atoms with E-state index >= 15 is 0 Å². The molecule has 0 saturated carbocycles. The quantitative estimate of drug-likeness (QED) is 0.500. The number of anilines is 2. The third-order valence-electron chi connectivity index (χ3n) is 4.23. The summed E-state index contributed by atoms with van der Waals surface area (Å²) in [6.45, 7) is 0. The normalized spacial score (nSPS) is 10.6. The van der Waals surface area contributed by atoms with Crippen LogP contribution in [-0.4, -0.2) is 32.1 Å². The van der Waals surface area contributed by atoms with Gasteiger partial charge in [0, 0.05) is 36.6 Å². The van der Waals surface area contributed by atoms with E-state index in [-0.39, 0.29) is 11.8 Å². The zero-order chi connectivity index (χ0) is 20.6. The molecule has 3 aromatic rings. The molecule has 29 heavy (non-hydrogen) atoms. The topological polar surface area (TPSA) is 73.8 Å². The van der Waals surface area contributed by atoms with Crippen molar-refractivity contribution in [3.8, 4) is 0 Å². The summed E-state index contributed by atoms with van der Waals surface area (Å²) < 4.78 is 0. The lowest BCUT2D eigenvalue weighted by atomic mass is 10.1. The number of nitrogens with one attached hydrogen (secondary N) is 2. The van der Waals surface area contributed by atoms with E-state index in [2.05, 4.69) is 15.8 Å². The molecule has 6 nitrogen and oxygen atoms in total. The van der Waals surface area contributed by atoms with Crippen molar-refractivity contribution in [3.05, 3.63) is 95.6 Å². The van der Waals surface area contributed by atoms with Crippen LogP contribution in [0, 0.1) is 0 Å². The predicted octanol–water partition coefficient (Wildman–Crippen LogP) is 3.77. The third kappa shape index (κ3) is 5.52. The number of carbonyl (C=O) groups is 2. The minimum atomic E-state index is -0.327. The van der Waals surface area contributed by atoms with Crippen LogP contribution in [0.25, 0.3) is 0 Å². The predicted molar refractivity (Wildman–Crippen MR) is 117 cm³/mol. The number of nitrogens with zero attached hydrogens (tertiary/aromatic N) is 2. The van der Waals surface area contributed by atoms with Crippen molar-refractivity contribution in [1.82, 2.24) is 5.43 Å². The van der Waals surface area contributed by atoms with Crippen molar-refractivity contribution in [2.75, 3.05) is 24.3 Å². The average Bonchev–Trinajstić information content (AvgIpc) is 2.75. The van der Waals surface area contributed by atoms with Crippen LogP contribution >= 0.6 is 0 Å². The molecule has 0 saturated heterocycles. The van der Waals surface area contributed by atoms with Crippen LogP contribution in [0.1, 0.15) is 26.3 Å². The van der Waals surface area contributed by atoms with E-state index in [1.807, 2.05) is 49.3 Å². The summed E-state index contributed by atoms with van der Waals surface area (Å²) >= 11 is 0. The average molecular weight is 386 g/mol. The maximum atomic E-state index is 12.2. The summed E-state index contributed by atoms with van der Waals surface area (Å²) in [4.78, 5) is 26.4. The molecular formula is C23H22N4O2. The Hall–Kier alpha value is -3.93. The van der Waals surface area contributed by atoms with Crippen molar-refractivity contribution in [2.45, 2.75) is 0 Å². The van der Waals surface area contributed by atoms with Crippen LogP contribution < -0.4 is 15.6 Å². The van der Waals surface area contributed by atoms with Crippen LogP contribution in [0.15, 0.2) is 84.0 Å². The summed E-state index contributed by atoms with van der Waals surface area (Å²) in [7, 11) is 3.95. The molecule has 0 fully saturated rings. The first-order valence-electron chi connectivity index (χ1n) is 9.10. The molecule has 0 aliphatic carbocycles. The second-order valence-electron chi connectivity index (χ2n) is 6.58. The number of hydrogen-bond donors (Lipinski definition) is 2. The molecule has 0 radical (unpaired) electrons. The summed E-state index contributed by atoms with van der Waals surface area (Å²) in [6.07, 6.45) is 1.59. The fraction of sp³-hybridized carbons (Fsp3) is 0.0870. The van der Waals surface area contributed by atoms with Gasteiger partial charge in [0.15, 0.2) is 0 Å². The van der Waals surface area contributed by atoms with Gasteiger partial charge in [-0.1, -0.05) is 30.3 Å². The minimum Gasteiger partial charge on any atom is -0.378 e. The first-order valence-corrected chi connectivity index (χ1v) is 9.10. The van der Waals surface area contributed by atoms with E-state index < -0.39 is 0 Å². The molecule has 0 aliphatic rings. The third-order valence-corrected chi connectivity index (χ3v) is 4.23. The Morgan fingerprint density at radius 2 is 1.41 bits per heavy atom. The Morgan fingerprint density at radius 3 is 2.03 bits per heavy atom. The van der Waals surface area contributed by atoms with Crippen LogP contribution in [0.5, 0.6) is 0 Å². The molecule has 146 valence electrons. The Bertz CT molecular complexity index is 995. The fourth-order valence-electron chi connectivity index (χ4n) is 2.59. The summed E-state index contributed by atoms with van der Waals surface area (Å²) in [5.74, 6) is -0.528. The monoisotopic (exact) mass is 386 g/mol. The number of hydrogen-bond acceptors (Lipinski definition) is 4. The van der Waals surface area contributed by atoms with E-state index in [9.17, 15) is 9.59 Å². The maximum Gasteiger partial charge on any atom is 0.271 e. The Balaban J connectivity index is 1.55. The van der Waals surface area contributed by atoms with Gasteiger partial charge in [0.25, 0.3) is 11.8 Å². The molecule has 0 aliphatic heterocycles. The van der Waals surface area contributed by atoms with E-state index in [1.54, 1.807) is 54.7 Å². The van der Waals surface area contributed by atoms with E-state index in [1.165, 1.54) is 0 Å². The molecule has 2 amide bonds. The van der Waals surface area contributed by atoms with Crippen molar-refractivity contribution in [1.29, 1.82) is 0 Å². The highest BCUT2D eigenvalue weighted by molar-refractivity contribution is 6.04. The van der Waals surface area contributed by atoms with Gasteiger partial charge in [0.2, 0.25) is 0 Å². The molecule has 0 spiro atoms. The van der Waals surface area contributed by atoms with Crippen molar-refractivity contribution in [2.24, 2.45) is 5.10 Å². The first kappa shape index (κ1) is 19.8. The largest absolute Gasteiger partial charge is 0.378 e. The standard InChI is InChI=1S/C23H22N4O2/c1-27(2)21-14-8-17(9-15-21)16-24-26-23(29)19-10-12-20(13-11-19)25-22(28)18-6-4-3-5-7-18/h3-16H,1-2H3,(H,25,28)(H,26,29). The van der Waals surface area contributed by atoms with Crippen molar-refractivity contribution < 1.29 is 9.59 Å². The zero-order valence-corrected chi connectivity index (χ0v) is 16.3. The Labute approximate surface area is 169 Å². The van der Waals surface area contributed by atoms with Crippen LogP contribution in [0.2, 0.25) is 0 Å². The minimum absolute atomic E-state index is 0.201. The van der Waals surface area contributed by atoms with E-state index in [0.29, 0.717) is 16.8 Å². The molecule has 3 aromatic carbocycles. The van der Waals surface area contributed by atoms with Crippen LogP contribution in [0.3, 0.4) is 0 Å². The lowest BCUT2D eigenvalue weighted by molar-refractivity contribution is 0.0954. The van der Waals surface area contributed by atoms with Gasteiger partial charge in [-0.15, -0.1) is 0 Å². The van der Waals surface area contributed by atoms with Gasteiger partial charge in [-0.25, -0.2) is 5.43 Å². The number of rotatable bonds is 6. The van der Waals surface area contributed by atoms with Crippen molar-refractivity contribution in [3.63, 3.8) is 0 Å². The van der Waals surface area contributed by atoms with E-state index in [4.69, 9.17) is 0 Å². The van der Waals surface area contributed by atoms with Gasteiger partial charge in [0.05, 0.1) is 6.21 Å². The molecule has 2 N–H and O–H groups in total. The van der Waals surface area contributed by atoms with Crippen LogP contribution in [0.4, 0.5) is 11.4 Å². The highest BCUT2D eigenvalue weighted by Crippen LogP contribution is 2.12. The molecule has 0 aromatic heterocycles. The van der Waals surface area contributed by atoms with Gasteiger partial charge < -0.3 is 10.2 Å². The highest BCUT2D eigenvalue weighted by atomic mass is 16.2. The lowest BCUT2D eigenvalue weighted by Gasteiger charge is -2.11. The highest BCUT2D eigenvalue weighted by Gasteiger charge is 2.07. The van der Waals surface area contributed by atoms with Gasteiger partial charge >= 0.3 is 0 Å². The van der Waals surface area contributed by atoms with Gasteiger partial charge in [-0.3, -0.25) is 9.59 Å². The number of amides is 2. The summed E-state index contributed by atoms with van der Waals surface area (Å²) in [6, 6.07) is 23.4. The molecule has 0 heterocycles. The zero-order valence-electron chi connectivity index (χ0n) is 16.3. The Morgan fingerprint density at radius 1 is 0.793 bits per heavy atom. The number of hydrazone groups is 1. The van der Waals surface area contributed by atoms with Gasteiger partial charge in [0.1, 0.15) is 0 Å². The Kier molecular flexibility index (Phi) is 6.37. The molecule has 0 unspecified atom stereocenters. The van der Waals surface area contributed by atoms with E-state index in [0.717, 1.165) is 11.3 Å². The van der Waals surface area contributed by atoms with Crippen molar-refractivity contribution >= 4 is 29.4 Å². The number of carbonyl (C=O) groups excluding carboxylic acids is 2. The molecule has 3 rings (SSSR count). The summed E-state index contributed by atoms with van der Waals surface area (Å²) in [5.41, 5.74) is 6.11. The summed E-state index contributed by atoms with van der Waals surface area (Å²) in [5, 5.41) is 6.79. The lowest BCUT2D eigenvalue weighted by Crippen LogP contribution is -2.18. The second-order valence-corrected chi connectivity index (χ2v) is 6.58. The molecule has 6 heteroatoms. The second kappa shape index (κ2) is 9.32. The van der Waals surface area contributed by atoms with Gasteiger partial charge in [-0.05, 0) is 54.1 Å². The maximum absolute atomic E-state index is 12.2. The van der Waals surface area contributed by atoms with Gasteiger partial charge in [-0.2, -0.15) is 5.10 Å². The molecular weight excluding hydrogens is 364 g/mol. The molecule has 0 atom stereocenters. The SMILES string of the molecule is CN(C)c1ccc(C=NNC(=O)c2ccc(NC(=O)c3ccccc3)cc2)cc1. The first-order chi connectivity index (χ1) is 14.0. The fourth-order valence-corrected chi connectivity index (χ4v) is 2.59. The smallest absolute Gasteiger partial charge is 0.271 e. The number of benzene rings is 3.